The third-order valence-electron chi connectivity index (χ3n) is 6.59. The van der Waals surface area contributed by atoms with Gasteiger partial charge in [-0.2, -0.15) is 0 Å². The van der Waals surface area contributed by atoms with E-state index in [0.29, 0.717) is 17.8 Å². The maximum atomic E-state index is 13.0. The monoisotopic (exact) mass is 496 g/mol. The number of hydrogen-bond acceptors (Lipinski definition) is 7. The third kappa shape index (κ3) is 4.09. The highest BCUT2D eigenvalue weighted by molar-refractivity contribution is 7.16. The van der Waals surface area contributed by atoms with Gasteiger partial charge in [-0.25, -0.2) is 9.78 Å². The molecule has 0 radical (unpaired) electrons. The van der Waals surface area contributed by atoms with Crippen molar-refractivity contribution < 1.29 is 14.7 Å². The summed E-state index contributed by atoms with van der Waals surface area (Å²) < 4.78 is 0. The molecule has 5 heterocycles. The minimum atomic E-state index is -1.04. The lowest BCUT2D eigenvalue weighted by Gasteiger charge is -2.37. The Labute approximate surface area is 212 Å². The van der Waals surface area contributed by atoms with Gasteiger partial charge in [-0.3, -0.25) is 14.8 Å². The second-order valence-electron chi connectivity index (χ2n) is 8.72. The average molecular weight is 497 g/mol. The molecule has 0 saturated heterocycles. The molecule has 0 amide bonds. The van der Waals surface area contributed by atoms with Crippen LogP contribution in [0.5, 0.6) is 0 Å². The molecule has 180 valence electrons. The highest BCUT2D eigenvalue weighted by atomic mass is 32.1. The van der Waals surface area contributed by atoms with Crippen molar-refractivity contribution in [2.24, 2.45) is 0 Å². The Kier molecular flexibility index (Phi) is 6.20. The Morgan fingerprint density at radius 2 is 1.81 bits per heavy atom. The zero-order valence-corrected chi connectivity index (χ0v) is 20.9. The van der Waals surface area contributed by atoms with Crippen LogP contribution >= 0.6 is 11.3 Å². The van der Waals surface area contributed by atoms with Crippen LogP contribution in [0.1, 0.15) is 37.8 Å². The molecule has 1 aliphatic heterocycles. The van der Waals surface area contributed by atoms with Crippen molar-refractivity contribution in [2.75, 3.05) is 0 Å². The van der Waals surface area contributed by atoms with Crippen molar-refractivity contribution >= 4 is 33.3 Å². The maximum absolute atomic E-state index is 13.0. The summed E-state index contributed by atoms with van der Waals surface area (Å²) in [6.07, 6.45) is 6.91. The quantitative estimate of drug-likeness (QED) is 0.372. The van der Waals surface area contributed by atoms with E-state index in [9.17, 15) is 14.7 Å². The van der Waals surface area contributed by atoms with E-state index in [2.05, 4.69) is 15.0 Å². The number of allylic oxidation sites excluding steroid dienone is 3. The maximum Gasteiger partial charge on any atom is 0.334 e. The number of ketones is 1. The number of Topliss-reactive ketones (excluding diaryl/α,β-unsaturated/α-hetero) is 1. The Morgan fingerprint density at radius 1 is 1.03 bits per heavy atom. The fourth-order valence-electron chi connectivity index (χ4n) is 4.93. The van der Waals surface area contributed by atoms with Crippen molar-refractivity contribution in [3.63, 3.8) is 0 Å². The molecular weight excluding hydrogens is 472 g/mol. The van der Waals surface area contributed by atoms with Crippen LogP contribution < -0.4 is 0 Å². The summed E-state index contributed by atoms with van der Waals surface area (Å²) in [4.78, 5) is 41.5. The molecule has 1 N–H and O–H groups in total. The third-order valence-corrected chi connectivity index (χ3v) is 7.51. The van der Waals surface area contributed by atoms with Gasteiger partial charge in [0.15, 0.2) is 5.78 Å². The lowest BCUT2D eigenvalue weighted by molar-refractivity contribution is -0.133. The van der Waals surface area contributed by atoms with Crippen molar-refractivity contribution in [3.05, 3.63) is 100 Å². The van der Waals surface area contributed by atoms with Crippen LogP contribution in [0.3, 0.4) is 0 Å². The molecule has 0 spiro atoms. The molecule has 36 heavy (non-hydrogen) atoms. The zero-order chi connectivity index (χ0) is 25.4. The van der Waals surface area contributed by atoms with Gasteiger partial charge in [0.1, 0.15) is 4.83 Å². The Hall–Kier alpha value is -4.17. The van der Waals surface area contributed by atoms with Crippen LogP contribution in [0.25, 0.3) is 21.5 Å². The summed E-state index contributed by atoms with van der Waals surface area (Å²) in [6, 6.07) is 11.4. The molecule has 1 unspecified atom stereocenters. The normalized spacial score (nSPS) is 16.1. The molecule has 0 fully saturated rings. The molecule has 0 saturated carbocycles. The van der Waals surface area contributed by atoms with Crippen LogP contribution in [0.4, 0.5) is 0 Å². The van der Waals surface area contributed by atoms with E-state index >= 15 is 0 Å². The fourth-order valence-corrected chi connectivity index (χ4v) is 5.86. The first-order valence-corrected chi connectivity index (χ1v) is 12.4. The minimum absolute atomic E-state index is 0.150. The molecule has 4 aromatic heterocycles. The number of carboxylic acid groups (broad SMARTS) is 1. The largest absolute Gasteiger partial charge is 0.478 e. The topological polar surface area (TPSA) is 96.3 Å². The van der Waals surface area contributed by atoms with Gasteiger partial charge in [-0.1, -0.05) is 6.07 Å². The van der Waals surface area contributed by atoms with Gasteiger partial charge in [-0.05, 0) is 67.6 Å². The van der Waals surface area contributed by atoms with Crippen LogP contribution in [-0.4, -0.2) is 36.7 Å². The molecule has 4 aromatic rings. The van der Waals surface area contributed by atoms with Gasteiger partial charge in [0.25, 0.3) is 0 Å². The number of rotatable bonds is 6. The molecule has 1 atom stereocenters. The number of carbonyl (C=O) groups excluding carboxylic acids is 1. The first-order valence-electron chi connectivity index (χ1n) is 11.5. The number of nitrogens with zero attached hydrogens (tertiary/aromatic N) is 4. The van der Waals surface area contributed by atoms with Crippen LogP contribution in [0, 0.1) is 0 Å². The van der Waals surface area contributed by atoms with Crippen LogP contribution in [-0.2, 0) is 16.1 Å². The van der Waals surface area contributed by atoms with E-state index in [1.807, 2.05) is 60.5 Å². The van der Waals surface area contributed by atoms with E-state index < -0.39 is 11.9 Å². The van der Waals surface area contributed by atoms with Gasteiger partial charge in [0, 0.05) is 65.2 Å². The van der Waals surface area contributed by atoms with Gasteiger partial charge in [-0.15, -0.1) is 11.3 Å². The van der Waals surface area contributed by atoms with Gasteiger partial charge < -0.3 is 10.0 Å². The summed E-state index contributed by atoms with van der Waals surface area (Å²) in [5.41, 5.74) is 5.47. The van der Waals surface area contributed by atoms with Gasteiger partial charge >= 0.3 is 5.97 Å². The SMILES string of the molecule is CC(=O)C1=C(C)N(Cc2ccnc(-c3cccnc3)c2)C(C)=C(C(=O)O)C1c1csc2ncccc12. The highest BCUT2D eigenvalue weighted by Crippen LogP contribution is 2.46. The predicted molar refractivity (Wildman–Crippen MR) is 139 cm³/mol. The molecule has 0 aromatic carbocycles. The molecular formula is C28H24N4O3S. The summed E-state index contributed by atoms with van der Waals surface area (Å²) >= 11 is 1.45. The number of carboxylic acids is 1. The summed E-state index contributed by atoms with van der Waals surface area (Å²) in [6.45, 7) is 5.61. The minimum Gasteiger partial charge on any atom is -0.478 e. The Bertz CT molecular complexity index is 1520. The first-order chi connectivity index (χ1) is 17.4. The van der Waals surface area contributed by atoms with Crippen molar-refractivity contribution in [2.45, 2.75) is 33.2 Å². The van der Waals surface area contributed by atoms with Crippen LogP contribution in [0.15, 0.2) is 89.1 Å². The predicted octanol–water partition coefficient (Wildman–Crippen LogP) is 5.57. The molecule has 8 heteroatoms. The molecule has 0 bridgehead atoms. The second-order valence-corrected chi connectivity index (χ2v) is 9.57. The standard InChI is InChI=1S/C28H24N4O3S/c1-16-24(18(3)33)26(22-15-36-27-21(22)7-5-10-31-27)25(28(34)35)17(2)32(16)14-19-8-11-30-23(12-19)20-6-4-9-29-13-20/h4-13,15,26H,14H2,1-3H3,(H,34,35). The van der Waals surface area contributed by atoms with Crippen molar-refractivity contribution in [1.82, 2.24) is 19.9 Å². The summed E-state index contributed by atoms with van der Waals surface area (Å²) in [7, 11) is 0. The number of aliphatic carboxylic acids is 1. The highest BCUT2D eigenvalue weighted by Gasteiger charge is 2.39. The van der Waals surface area contributed by atoms with Crippen molar-refractivity contribution in [3.8, 4) is 11.3 Å². The van der Waals surface area contributed by atoms with Gasteiger partial charge in [0.05, 0.1) is 11.3 Å². The lowest BCUT2D eigenvalue weighted by Crippen LogP contribution is -2.33. The van der Waals surface area contributed by atoms with Crippen LogP contribution in [0.2, 0.25) is 0 Å². The first kappa shape index (κ1) is 23.6. The average Bonchev–Trinajstić information content (AvgIpc) is 3.30. The smallest absolute Gasteiger partial charge is 0.334 e. The molecule has 1 aliphatic rings. The number of aromatic nitrogens is 3. The van der Waals surface area contributed by atoms with Crippen molar-refractivity contribution in [1.29, 1.82) is 0 Å². The summed E-state index contributed by atoms with van der Waals surface area (Å²) in [5, 5.41) is 13.2. The number of hydrogen-bond donors (Lipinski definition) is 1. The number of fused-ring (bicyclic) bond motifs is 1. The molecule has 0 aliphatic carbocycles. The van der Waals surface area contributed by atoms with E-state index in [0.717, 1.165) is 38.3 Å². The number of thiophene rings is 1. The zero-order valence-electron chi connectivity index (χ0n) is 20.1. The Balaban J connectivity index is 1.62. The van der Waals surface area contributed by atoms with E-state index in [1.54, 1.807) is 24.8 Å². The lowest BCUT2D eigenvalue weighted by atomic mass is 9.78. The summed E-state index contributed by atoms with van der Waals surface area (Å²) in [5.74, 6) is -1.86. The molecule has 7 nitrogen and oxygen atoms in total. The van der Waals surface area contributed by atoms with E-state index in [-0.39, 0.29) is 11.4 Å². The fraction of sp³-hybridized carbons (Fsp3) is 0.179. The Morgan fingerprint density at radius 3 is 2.53 bits per heavy atom. The van der Waals surface area contributed by atoms with E-state index in [4.69, 9.17) is 0 Å². The van der Waals surface area contributed by atoms with E-state index in [1.165, 1.54) is 18.3 Å². The van der Waals surface area contributed by atoms with Gasteiger partial charge in [0.2, 0.25) is 0 Å². The second kappa shape index (κ2) is 9.47. The number of carbonyl (C=O) groups is 2. The number of pyridine rings is 3. The molecule has 5 rings (SSSR count).